The first-order valence-electron chi connectivity index (χ1n) is 7.41. The number of nitrogens with one attached hydrogen (secondary N) is 1. The van der Waals surface area contributed by atoms with E-state index >= 15 is 0 Å². The second-order valence-corrected chi connectivity index (χ2v) is 6.02. The van der Waals surface area contributed by atoms with Crippen LogP contribution in [0.5, 0.6) is 0 Å². The Morgan fingerprint density at radius 3 is 2.42 bits per heavy atom. The number of oxime groups is 1. The lowest BCUT2D eigenvalue weighted by atomic mass is 9.67. The molecule has 0 heterocycles. The van der Waals surface area contributed by atoms with E-state index in [2.05, 4.69) is 17.4 Å². The minimum absolute atomic E-state index is 0.0472. The zero-order valence-corrected chi connectivity index (χ0v) is 11.7. The monoisotopic (exact) mass is 267 g/mol. The summed E-state index contributed by atoms with van der Waals surface area (Å²) in [4.78, 5) is 12.4. The van der Waals surface area contributed by atoms with Crippen molar-refractivity contribution < 1.29 is 10.0 Å². The Morgan fingerprint density at radius 1 is 1.37 bits per heavy atom. The molecule has 4 N–H and O–H groups in total. The van der Waals surface area contributed by atoms with Crippen LogP contribution in [-0.2, 0) is 4.79 Å². The lowest BCUT2D eigenvalue weighted by Gasteiger charge is -2.40. The Bertz CT molecular complexity index is 356. The third-order valence-electron chi connectivity index (χ3n) is 5.00. The summed E-state index contributed by atoms with van der Waals surface area (Å²) in [5.74, 6) is 0.836. The number of hydrogen-bond acceptors (Lipinski definition) is 3. The molecule has 0 aliphatic heterocycles. The molecule has 0 aromatic rings. The fourth-order valence-electron chi connectivity index (χ4n) is 3.26. The first-order valence-corrected chi connectivity index (χ1v) is 7.41. The van der Waals surface area contributed by atoms with Crippen molar-refractivity contribution in [3.8, 4) is 0 Å². The Kier molecular flexibility index (Phi) is 4.32. The van der Waals surface area contributed by atoms with Gasteiger partial charge in [-0.2, -0.15) is 0 Å². The van der Waals surface area contributed by atoms with Gasteiger partial charge in [0.05, 0.1) is 0 Å². The van der Waals surface area contributed by atoms with Crippen LogP contribution in [0, 0.1) is 11.3 Å². The fraction of sp³-hybridized carbons (Fsp3) is 0.857. The molecule has 0 aromatic heterocycles. The largest absolute Gasteiger partial charge is 0.409 e. The van der Waals surface area contributed by atoms with Crippen LogP contribution in [0.4, 0.5) is 0 Å². The average molecular weight is 267 g/mol. The van der Waals surface area contributed by atoms with Crippen LogP contribution >= 0.6 is 0 Å². The molecule has 2 aliphatic carbocycles. The highest BCUT2D eigenvalue weighted by Crippen LogP contribution is 2.41. The second kappa shape index (κ2) is 5.80. The van der Waals surface area contributed by atoms with E-state index in [1.54, 1.807) is 0 Å². The molecule has 2 saturated carbocycles. The smallest absolute Gasteiger partial charge is 0.234 e. The summed E-state index contributed by atoms with van der Waals surface area (Å²) < 4.78 is 0. The SMILES string of the molecule is CCC1CCC(NC(=O)C2(C(N)=NO)CCC2)CC1. The van der Waals surface area contributed by atoms with Crippen molar-refractivity contribution in [3.63, 3.8) is 0 Å². The number of carbonyl (C=O) groups is 1. The third-order valence-corrected chi connectivity index (χ3v) is 5.00. The predicted octanol–water partition coefficient (Wildman–Crippen LogP) is 1.99. The maximum absolute atomic E-state index is 12.4. The molecule has 0 saturated heterocycles. The van der Waals surface area contributed by atoms with E-state index in [1.807, 2.05) is 0 Å². The van der Waals surface area contributed by atoms with Gasteiger partial charge in [-0.05, 0) is 44.4 Å². The summed E-state index contributed by atoms with van der Waals surface area (Å²) in [5.41, 5.74) is 4.96. The highest BCUT2D eigenvalue weighted by atomic mass is 16.4. The van der Waals surface area contributed by atoms with Gasteiger partial charge in [0, 0.05) is 6.04 Å². The first-order chi connectivity index (χ1) is 9.12. The minimum atomic E-state index is -0.740. The van der Waals surface area contributed by atoms with Gasteiger partial charge in [-0.1, -0.05) is 24.9 Å². The van der Waals surface area contributed by atoms with Crippen LogP contribution in [0.1, 0.15) is 58.3 Å². The van der Waals surface area contributed by atoms with E-state index in [0.29, 0.717) is 12.8 Å². The van der Waals surface area contributed by atoms with Crippen molar-refractivity contribution in [3.05, 3.63) is 0 Å². The van der Waals surface area contributed by atoms with E-state index in [0.717, 1.165) is 25.2 Å². The molecule has 0 aromatic carbocycles. The molecule has 5 nitrogen and oxygen atoms in total. The molecule has 1 amide bonds. The van der Waals surface area contributed by atoms with E-state index in [1.165, 1.54) is 19.3 Å². The molecule has 0 atom stereocenters. The summed E-state index contributed by atoms with van der Waals surface area (Å²) in [6.45, 7) is 2.23. The van der Waals surface area contributed by atoms with Crippen molar-refractivity contribution in [2.45, 2.75) is 64.3 Å². The van der Waals surface area contributed by atoms with Crippen LogP contribution in [0.3, 0.4) is 0 Å². The highest BCUT2D eigenvalue weighted by molar-refractivity contribution is 6.07. The standard InChI is InChI=1S/C14H25N3O2/c1-2-10-4-6-11(7-5-10)16-13(18)14(8-3-9-14)12(15)17-19/h10-11,19H,2-9H2,1H3,(H2,15,17)(H,16,18). The van der Waals surface area contributed by atoms with Gasteiger partial charge in [-0.25, -0.2) is 0 Å². The maximum atomic E-state index is 12.4. The number of rotatable bonds is 4. The van der Waals surface area contributed by atoms with Crippen molar-refractivity contribution in [1.82, 2.24) is 5.32 Å². The van der Waals surface area contributed by atoms with Gasteiger partial charge in [0.2, 0.25) is 5.91 Å². The van der Waals surface area contributed by atoms with Gasteiger partial charge >= 0.3 is 0 Å². The molecular formula is C14H25N3O2. The predicted molar refractivity (Wildman–Crippen MR) is 73.9 cm³/mol. The van der Waals surface area contributed by atoms with E-state index in [9.17, 15) is 4.79 Å². The summed E-state index contributed by atoms with van der Waals surface area (Å²) in [6.07, 6.45) is 8.07. The van der Waals surface area contributed by atoms with Crippen molar-refractivity contribution in [2.24, 2.45) is 22.2 Å². The number of amidine groups is 1. The minimum Gasteiger partial charge on any atom is -0.409 e. The van der Waals surface area contributed by atoms with Crippen molar-refractivity contribution >= 4 is 11.7 Å². The molecule has 2 aliphatic rings. The Labute approximate surface area is 114 Å². The maximum Gasteiger partial charge on any atom is 0.234 e. The number of hydrogen-bond donors (Lipinski definition) is 3. The first kappa shape index (κ1) is 14.2. The van der Waals surface area contributed by atoms with Gasteiger partial charge in [-0.3, -0.25) is 4.79 Å². The van der Waals surface area contributed by atoms with E-state index in [-0.39, 0.29) is 17.8 Å². The zero-order chi connectivity index (χ0) is 13.9. The van der Waals surface area contributed by atoms with Crippen molar-refractivity contribution in [1.29, 1.82) is 0 Å². The summed E-state index contributed by atoms with van der Waals surface area (Å²) in [5, 5.41) is 15.0. The van der Waals surface area contributed by atoms with Gasteiger partial charge in [0.1, 0.15) is 5.41 Å². The van der Waals surface area contributed by atoms with Crippen LogP contribution in [-0.4, -0.2) is 23.0 Å². The molecule has 0 bridgehead atoms. The van der Waals surface area contributed by atoms with Crippen LogP contribution in [0.25, 0.3) is 0 Å². The van der Waals surface area contributed by atoms with Gasteiger partial charge in [-0.15, -0.1) is 0 Å². The second-order valence-electron chi connectivity index (χ2n) is 6.02. The number of nitrogens with zero attached hydrogens (tertiary/aromatic N) is 1. The molecule has 0 spiro atoms. The quantitative estimate of drug-likeness (QED) is 0.315. The van der Waals surface area contributed by atoms with Crippen LogP contribution in [0.2, 0.25) is 0 Å². The highest BCUT2D eigenvalue weighted by Gasteiger charge is 2.48. The van der Waals surface area contributed by atoms with Crippen LogP contribution in [0.15, 0.2) is 5.16 Å². The lowest BCUT2D eigenvalue weighted by Crippen LogP contribution is -2.56. The lowest BCUT2D eigenvalue weighted by molar-refractivity contribution is -0.132. The number of carbonyl (C=O) groups excluding carboxylic acids is 1. The van der Waals surface area contributed by atoms with Crippen LogP contribution < -0.4 is 11.1 Å². The van der Waals surface area contributed by atoms with E-state index in [4.69, 9.17) is 10.9 Å². The van der Waals surface area contributed by atoms with Gasteiger partial charge < -0.3 is 16.3 Å². The summed E-state index contributed by atoms with van der Waals surface area (Å²) in [6, 6.07) is 0.263. The summed E-state index contributed by atoms with van der Waals surface area (Å²) >= 11 is 0. The Balaban J connectivity index is 1.91. The topological polar surface area (TPSA) is 87.7 Å². The molecule has 2 fully saturated rings. The summed E-state index contributed by atoms with van der Waals surface area (Å²) in [7, 11) is 0. The average Bonchev–Trinajstić information content (AvgIpc) is 2.38. The molecule has 0 unspecified atom stereocenters. The van der Waals surface area contributed by atoms with Gasteiger partial charge in [0.25, 0.3) is 0 Å². The molecular weight excluding hydrogens is 242 g/mol. The molecule has 19 heavy (non-hydrogen) atoms. The number of amides is 1. The normalized spacial score (nSPS) is 30.5. The zero-order valence-electron chi connectivity index (χ0n) is 11.7. The Morgan fingerprint density at radius 2 is 2.00 bits per heavy atom. The molecule has 108 valence electrons. The molecule has 2 rings (SSSR count). The fourth-order valence-corrected chi connectivity index (χ4v) is 3.26. The van der Waals surface area contributed by atoms with Crippen molar-refractivity contribution in [2.75, 3.05) is 0 Å². The number of nitrogens with two attached hydrogens (primary N) is 1. The van der Waals surface area contributed by atoms with Gasteiger partial charge in [0.15, 0.2) is 5.84 Å². The molecule has 0 radical (unpaired) electrons. The Hall–Kier alpha value is -1.26. The van der Waals surface area contributed by atoms with E-state index < -0.39 is 5.41 Å². The molecule has 5 heteroatoms. The third kappa shape index (κ3) is 2.69.